The smallest absolute Gasteiger partial charge is 0.237 e. The van der Waals surface area contributed by atoms with Crippen LogP contribution in [0.15, 0.2) is 48.5 Å². The normalized spacial score (nSPS) is 14.0. The van der Waals surface area contributed by atoms with E-state index in [9.17, 15) is 4.79 Å². The van der Waals surface area contributed by atoms with E-state index in [1.807, 2.05) is 47.2 Å². The summed E-state index contributed by atoms with van der Waals surface area (Å²) >= 11 is 6.19. The van der Waals surface area contributed by atoms with Crippen molar-refractivity contribution >= 4 is 17.5 Å². The van der Waals surface area contributed by atoms with Crippen LogP contribution in [0.4, 0.5) is 0 Å². The molecule has 0 aromatic heterocycles. The third kappa shape index (κ3) is 3.92. The van der Waals surface area contributed by atoms with Crippen molar-refractivity contribution in [2.45, 2.75) is 19.5 Å². The Morgan fingerprint density at radius 2 is 1.83 bits per heavy atom. The summed E-state index contributed by atoms with van der Waals surface area (Å²) in [6, 6.07) is 16.1. The van der Waals surface area contributed by atoms with Crippen LogP contribution in [0.3, 0.4) is 0 Å². The van der Waals surface area contributed by atoms with Gasteiger partial charge >= 0.3 is 0 Å². The van der Waals surface area contributed by atoms with Gasteiger partial charge in [-0.2, -0.15) is 0 Å². The summed E-state index contributed by atoms with van der Waals surface area (Å²) in [5, 5.41) is 0.749. The van der Waals surface area contributed by atoms with Gasteiger partial charge in [0, 0.05) is 24.7 Å². The first-order valence-corrected chi connectivity index (χ1v) is 8.28. The van der Waals surface area contributed by atoms with Crippen LogP contribution in [0, 0.1) is 0 Å². The van der Waals surface area contributed by atoms with Gasteiger partial charge in [-0.15, -0.1) is 0 Å². The third-order valence-corrected chi connectivity index (χ3v) is 4.66. The van der Waals surface area contributed by atoms with E-state index < -0.39 is 0 Å². The number of rotatable bonds is 4. The number of hydrogen-bond acceptors (Lipinski definition) is 2. The molecule has 1 aliphatic heterocycles. The van der Waals surface area contributed by atoms with E-state index in [0.717, 1.165) is 30.1 Å². The van der Waals surface area contributed by atoms with Crippen molar-refractivity contribution in [3.63, 3.8) is 0 Å². The number of carbonyl (C=O) groups is 1. The Morgan fingerprint density at radius 1 is 1.13 bits per heavy atom. The first-order valence-electron chi connectivity index (χ1n) is 7.90. The standard InChI is InChI=1S/C19H21ClN2O/c1-21(12-17-8-4-5-9-18(17)20)14-19(23)22-11-10-15-6-2-3-7-16(15)13-22/h2-9H,10-14H2,1H3. The van der Waals surface area contributed by atoms with Gasteiger partial charge in [0.05, 0.1) is 6.54 Å². The maximum atomic E-state index is 12.5. The molecule has 23 heavy (non-hydrogen) atoms. The molecular formula is C19H21ClN2O. The highest BCUT2D eigenvalue weighted by molar-refractivity contribution is 6.31. The second-order valence-corrected chi connectivity index (χ2v) is 6.50. The second kappa shape index (κ2) is 7.16. The second-order valence-electron chi connectivity index (χ2n) is 6.10. The highest BCUT2D eigenvalue weighted by atomic mass is 35.5. The Bertz CT molecular complexity index is 701. The summed E-state index contributed by atoms with van der Waals surface area (Å²) in [4.78, 5) is 16.5. The van der Waals surface area contributed by atoms with E-state index in [4.69, 9.17) is 11.6 Å². The van der Waals surface area contributed by atoms with Gasteiger partial charge in [-0.1, -0.05) is 54.1 Å². The fourth-order valence-electron chi connectivity index (χ4n) is 3.01. The van der Waals surface area contributed by atoms with Gasteiger partial charge in [0.25, 0.3) is 0 Å². The molecule has 0 fully saturated rings. The summed E-state index contributed by atoms with van der Waals surface area (Å²) in [5.74, 6) is 0.175. The fourth-order valence-corrected chi connectivity index (χ4v) is 3.21. The van der Waals surface area contributed by atoms with Crippen LogP contribution in [0.25, 0.3) is 0 Å². The summed E-state index contributed by atoms with van der Waals surface area (Å²) in [5.41, 5.74) is 3.68. The molecule has 1 amide bonds. The molecule has 2 aromatic rings. The Labute approximate surface area is 142 Å². The van der Waals surface area contributed by atoms with Gasteiger partial charge in [-0.3, -0.25) is 9.69 Å². The maximum Gasteiger partial charge on any atom is 0.237 e. The van der Waals surface area contributed by atoms with Crippen LogP contribution in [0.2, 0.25) is 5.02 Å². The van der Waals surface area contributed by atoms with E-state index in [0.29, 0.717) is 13.1 Å². The summed E-state index contributed by atoms with van der Waals surface area (Å²) < 4.78 is 0. The molecule has 120 valence electrons. The number of hydrogen-bond donors (Lipinski definition) is 0. The predicted molar refractivity (Wildman–Crippen MR) is 93.3 cm³/mol. The molecule has 1 heterocycles. The molecule has 0 spiro atoms. The van der Waals surface area contributed by atoms with Crippen molar-refractivity contribution in [1.82, 2.24) is 9.80 Å². The quantitative estimate of drug-likeness (QED) is 0.859. The number of fused-ring (bicyclic) bond motifs is 1. The van der Waals surface area contributed by atoms with Gasteiger partial charge in [-0.25, -0.2) is 0 Å². The summed E-state index contributed by atoms with van der Waals surface area (Å²) in [6.45, 7) is 2.61. The Balaban J connectivity index is 1.58. The zero-order chi connectivity index (χ0) is 16.2. The van der Waals surface area contributed by atoms with Crippen molar-refractivity contribution in [3.8, 4) is 0 Å². The number of benzene rings is 2. The first kappa shape index (κ1) is 16.0. The van der Waals surface area contributed by atoms with Crippen LogP contribution < -0.4 is 0 Å². The highest BCUT2D eigenvalue weighted by Gasteiger charge is 2.21. The lowest BCUT2D eigenvalue weighted by atomic mass is 10.00. The zero-order valence-electron chi connectivity index (χ0n) is 13.3. The van der Waals surface area contributed by atoms with Crippen molar-refractivity contribution < 1.29 is 4.79 Å². The lowest BCUT2D eigenvalue weighted by molar-refractivity contribution is -0.133. The zero-order valence-corrected chi connectivity index (χ0v) is 14.1. The molecule has 4 heteroatoms. The van der Waals surface area contributed by atoms with Gasteiger partial charge in [0.1, 0.15) is 0 Å². The van der Waals surface area contributed by atoms with Gasteiger partial charge in [0.2, 0.25) is 5.91 Å². The summed E-state index contributed by atoms with van der Waals surface area (Å²) in [7, 11) is 1.96. The average Bonchev–Trinajstić information content (AvgIpc) is 2.56. The molecule has 0 radical (unpaired) electrons. The Hall–Kier alpha value is -1.84. The molecule has 1 aliphatic rings. The van der Waals surface area contributed by atoms with E-state index >= 15 is 0 Å². The lowest BCUT2D eigenvalue weighted by Gasteiger charge is -2.30. The lowest BCUT2D eigenvalue weighted by Crippen LogP contribution is -2.41. The molecule has 3 nitrogen and oxygen atoms in total. The monoisotopic (exact) mass is 328 g/mol. The van der Waals surface area contributed by atoms with Gasteiger partial charge in [-0.05, 0) is 36.2 Å². The topological polar surface area (TPSA) is 23.6 Å². The van der Waals surface area contributed by atoms with Crippen LogP contribution >= 0.6 is 11.6 Å². The minimum atomic E-state index is 0.175. The highest BCUT2D eigenvalue weighted by Crippen LogP contribution is 2.19. The van der Waals surface area contributed by atoms with Gasteiger partial charge in [0.15, 0.2) is 0 Å². The first-order chi connectivity index (χ1) is 11.1. The van der Waals surface area contributed by atoms with Crippen molar-refractivity contribution in [1.29, 1.82) is 0 Å². The fraction of sp³-hybridized carbons (Fsp3) is 0.316. The van der Waals surface area contributed by atoms with Crippen LogP contribution in [-0.2, 0) is 24.3 Å². The maximum absolute atomic E-state index is 12.5. The van der Waals surface area contributed by atoms with Crippen molar-refractivity contribution in [3.05, 3.63) is 70.2 Å². The molecule has 0 N–H and O–H groups in total. The van der Waals surface area contributed by atoms with E-state index in [1.54, 1.807) is 0 Å². The molecule has 0 bridgehead atoms. The third-order valence-electron chi connectivity index (χ3n) is 4.29. The molecular weight excluding hydrogens is 308 g/mol. The number of amides is 1. The van der Waals surface area contributed by atoms with Crippen LogP contribution in [0.5, 0.6) is 0 Å². The molecule has 3 rings (SSSR count). The predicted octanol–water partition coefficient (Wildman–Crippen LogP) is 3.36. The SMILES string of the molecule is CN(CC(=O)N1CCc2ccccc2C1)Cc1ccccc1Cl. The molecule has 0 saturated carbocycles. The van der Waals surface area contributed by atoms with Gasteiger partial charge < -0.3 is 4.90 Å². The van der Waals surface area contributed by atoms with Crippen molar-refractivity contribution in [2.24, 2.45) is 0 Å². The largest absolute Gasteiger partial charge is 0.337 e. The molecule has 0 unspecified atom stereocenters. The summed E-state index contributed by atoms with van der Waals surface area (Å²) in [6.07, 6.45) is 0.941. The Kier molecular flexibility index (Phi) is 4.99. The van der Waals surface area contributed by atoms with E-state index in [2.05, 4.69) is 18.2 Å². The van der Waals surface area contributed by atoms with E-state index in [-0.39, 0.29) is 5.91 Å². The number of halogens is 1. The Morgan fingerprint density at radius 3 is 2.61 bits per heavy atom. The molecule has 2 aromatic carbocycles. The minimum Gasteiger partial charge on any atom is -0.337 e. The number of nitrogens with zero attached hydrogens (tertiary/aromatic N) is 2. The van der Waals surface area contributed by atoms with E-state index in [1.165, 1.54) is 11.1 Å². The van der Waals surface area contributed by atoms with Crippen LogP contribution in [0.1, 0.15) is 16.7 Å². The van der Waals surface area contributed by atoms with Crippen LogP contribution in [-0.4, -0.2) is 35.8 Å². The molecule has 0 aliphatic carbocycles. The number of carbonyl (C=O) groups excluding carboxylic acids is 1. The molecule has 0 atom stereocenters. The number of likely N-dealkylation sites (N-methyl/N-ethyl adjacent to an activating group) is 1. The molecule has 0 saturated heterocycles. The van der Waals surface area contributed by atoms with Crippen molar-refractivity contribution in [2.75, 3.05) is 20.1 Å². The minimum absolute atomic E-state index is 0.175. The average molecular weight is 329 g/mol.